The number of carbonyl (C=O) groups excluding carboxylic acids is 1. The summed E-state index contributed by atoms with van der Waals surface area (Å²) in [4.78, 5) is 14.5. The zero-order valence-corrected chi connectivity index (χ0v) is 12.4. The van der Waals surface area contributed by atoms with Gasteiger partial charge in [-0.05, 0) is 49.1 Å². The van der Waals surface area contributed by atoms with E-state index < -0.39 is 0 Å². The molecular weight excluding hydrogens is 268 g/mol. The maximum atomic E-state index is 12.6. The number of fused-ring (bicyclic) bond motifs is 1. The van der Waals surface area contributed by atoms with E-state index in [0.29, 0.717) is 19.1 Å². The number of amides is 1. The Morgan fingerprint density at radius 1 is 1.52 bits per heavy atom. The number of nitrogens with zero attached hydrogens (tertiary/aromatic N) is 1. The Balaban J connectivity index is 1.69. The van der Waals surface area contributed by atoms with Crippen molar-refractivity contribution in [1.82, 2.24) is 4.90 Å². The summed E-state index contributed by atoms with van der Waals surface area (Å²) in [5.74, 6) is 2.21. The van der Waals surface area contributed by atoms with Gasteiger partial charge in [0.25, 0.3) is 0 Å². The van der Waals surface area contributed by atoms with Gasteiger partial charge in [0.05, 0.1) is 13.0 Å². The van der Waals surface area contributed by atoms with Crippen molar-refractivity contribution in [2.45, 2.75) is 12.8 Å². The second kappa shape index (κ2) is 5.93. The van der Waals surface area contributed by atoms with E-state index >= 15 is 0 Å². The third kappa shape index (κ3) is 2.83. The highest BCUT2D eigenvalue weighted by Gasteiger charge is 2.33. The zero-order valence-electron chi connectivity index (χ0n) is 12.4. The first-order valence-electron chi connectivity index (χ1n) is 7.50. The van der Waals surface area contributed by atoms with Gasteiger partial charge in [-0.2, -0.15) is 0 Å². The van der Waals surface area contributed by atoms with E-state index in [1.807, 2.05) is 23.1 Å². The van der Waals surface area contributed by atoms with Crippen LogP contribution in [-0.2, 0) is 11.2 Å². The average molecular weight is 290 g/mol. The van der Waals surface area contributed by atoms with Crippen molar-refractivity contribution in [3.05, 3.63) is 23.8 Å². The quantitative estimate of drug-likeness (QED) is 0.904. The van der Waals surface area contributed by atoms with Crippen LogP contribution in [0.2, 0.25) is 0 Å². The predicted molar refractivity (Wildman–Crippen MR) is 79.4 cm³/mol. The fourth-order valence-electron chi connectivity index (χ4n) is 3.14. The molecule has 21 heavy (non-hydrogen) atoms. The van der Waals surface area contributed by atoms with Crippen molar-refractivity contribution in [2.24, 2.45) is 17.6 Å². The van der Waals surface area contributed by atoms with Crippen LogP contribution < -0.4 is 15.2 Å². The summed E-state index contributed by atoms with van der Waals surface area (Å²) in [6.45, 7) is 2.73. The minimum absolute atomic E-state index is 0.0962. The molecule has 2 atom stereocenters. The largest absolute Gasteiger partial charge is 0.497 e. The summed E-state index contributed by atoms with van der Waals surface area (Å²) in [6, 6.07) is 5.75. The molecule has 2 N–H and O–H groups in total. The molecular formula is C16H22N2O3. The highest BCUT2D eigenvalue weighted by atomic mass is 16.5. The Morgan fingerprint density at radius 3 is 3.10 bits per heavy atom. The van der Waals surface area contributed by atoms with Crippen molar-refractivity contribution in [2.75, 3.05) is 33.4 Å². The van der Waals surface area contributed by atoms with Crippen LogP contribution in [0.25, 0.3) is 0 Å². The second-order valence-electron chi connectivity index (χ2n) is 5.86. The lowest BCUT2D eigenvalue weighted by atomic mass is 9.95. The van der Waals surface area contributed by atoms with Crippen LogP contribution in [0.4, 0.5) is 0 Å². The van der Waals surface area contributed by atoms with Crippen molar-refractivity contribution >= 4 is 5.91 Å². The van der Waals surface area contributed by atoms with Gasteiger partial charge in [0, 0.05) is 13.1 Å². The van der Waals surface area contributed by atoms with Crippen LogP contribution in [0.1, 0.15) is 12.0 Å². The van der Waals surface area contributed by atoms with Crippen LogP contribution in [0.3, 0.4) is 0 Å². The van der Waals surface area contributed by atoms with Gasteiger partial charge in [0.1, 0.15) is 18.1 Å². The number of hydrogen-bond donors (Lipinski definition) is 1. The molecule has 2 heterocycles. The molecule has 0 aliphatic carbocycles. The lowest BCUT2D eigenvalue weighted by Crippen LogP contribution is -2.40. The van der Waals surface area contributed by atoms with Crippen molar-refractivity contribution in [3.8, 4) is 11.5 Å². The number of ether oxygens (including phenoxy) is 2. The van der Waals surface area contributed by atoms with Gasteiger partial charge >= 0.3 is 0 Å². The Hall–Kier alpha value is -1.75. The smallest absolute Gasteiger partial charge is 0.229 e. The molecule has 2 unspecified atom stereocenters. The molecule has 3 rings (SSSR count). The second-order valence-corrected chi connectivity index (χ2v) is 5.86. The zero-order chi connectivity index (χ0) is 14.8. The molecule has 0 saturated carbocycles. The average Bonchev–Trinajstić information content (AvgIpc) is 3.02. The first kappa shape index (κ1) is 14.2. The normalized spacial score (nSPS) is 24.4. The molecule has 1 saturated heterocycles. The number of hydrogen-bond acceptors (Lipinski definition) is 4. The summed E-state index contributed by atoms with van der Waals surface area (Å²) >= 11 is 0. The van der Waals surface area contributed by atoms with E-state index in [-0.39, 0.29) is 11.8 Å². The van der Waals surface area contributed by atoms with Gasteiger partial charge in [-0.15, -0.1) is 0 Å². The van der Waals surface area contributed by atoms with Gasteiger partial charge in [-0.1, -0.05) is 0 Å². The summed E-state index contributed by atoms with van der Waals surface area (Å²) < 4.78 is 11.0. The van der Waals surface area contributed by atoms with E-state index in [4.69, 9.17) is 15.2 Å². The van der Waals surface area contributed by atoms with Gasteiger partial charge in [-0.3, -0.25) is 4.79 Å². The van der Waals surface area contributed by atoms with E-state index in [1.165, 1.54) is 0 Å². The fourth-order valence-corrected chi connectivity index (χ4v) is 3.14. The highest BCUT2D eigenvalue weighted by Crippen LogP contribution is 2.32. The molecule has 0 aromatic heterocycles. The van der Waals surface area contributed by atoms with Crippen LogP contribution >= 0.6 is 0 Å². The molecule has 2 aliphatic rings. The lowest BCUT2D eigenvalue weighted by Gasteiger charge is -2.28. The number of carbonyl (C=O) groups is 1. The van der Waals surface area contributed by atoms with Gasteiger partial charge in [0.15, 0.2) is 0 Å². The third-order valence-corrected chi connectivity index (χ3v) is 4.45. The SMILES string of the molecule is COc1ccc2c(c1)CC(C(=O)N1CCC(CN)C1)CO2. The van der Waals surface area contributed by atoms with Crippen molar-refractivity contribution in [3.63, 3.8) is 0 Å². The number of rotatable bonds is 3. The van der Waals surface area contributed by atoms with E-state index in [9.17, 15) is 4.79 Å². The topological polar surface area (TPSA) is 64.8 Å². The van der Waals surface area contributed by atoms with E-state index in [1.54, 1.807) is 7.11 Å². The lowest BCUT2D eigenvalue weighted by molar-refractivity contribution is -0.135. The fraction of sp³-hybridized carbons (Fsp3) is 0.562. The van der Waals surface area contributed by atoms with Crippen LogP contribution in [0, 0.1) is 11.8 Å². The molecule has 0 radical (unpaired) electrons. The van der Waals surface area contributed by atoms with E-state index in [2.05, 4.69) is 0 Å². The molecule has 5 heteroatoms. The summed E-state index contributed by atoms with van der Waals surface area (Å²) in [7, 11) is 1.64. The van der Waals surface area contributed by atoms with Gasteiger partial charge in [-0.25, -0.2) is 0 Å². The minimum Gasteiger partial charge on any atom is -0.497 e. The molecule has 1 aromatic rings. The third-order valence-electron chi connectivity index (χ3n) is 4.45. The molecule has 1 amide bonds. The van der Waals surface area contributed by atoms with E-state index in [0.717, 1.165) is 43.0 Å². The Morgan fingerprint density at radius 2 is 2.38 bits per heavy atom. The first-order chi connectivity index (χ1) is 10.2. The highest BCUT2D eigenvalue weighted by molar-refractivity contribution is 5.80. The van der Waals surface area contributed by atoms with Gasteiger partial charge in [0.2, 0.25) is 5.91 Å². The number of likely N-dealkylation sites (tertiary alicyclic amines) is 1. The first-order valence-corrected chi connectivity index (χ1v) is 7.50. The molecule has 2 aliphatic heterocycles. The van der Waals surface area contributed by atoms with Crippen LogP contribution in [-0.4, -0.2) is 44.2 Å². The Labute approximate surface area is 125 Å². The maximum absolute atomic E-state index is 12.6. The van der Waals surface area contributed by atoms with Gasteiger partial charge < -0.3 is 20.1 Å². The Bertz CT molecular complexity index is 532. The summed E-state index contributed by atoms with van der Waals surface area (Å²) in [6.07, 6.45) is 1.73. The standard InChI is InChI=1S/C16H22N2O3/c1-20-14-2-3-15-12(7-14)6-13(10-21-15)16(19)18-5-4-11(8-17)9-18/h2-3,7,11,13H,4-6,8-10,17H2,1H3. The minimum atomic E-state index is -0.0962. The molecule has 0 spiro atoms. The molecule has 1 aromatic carbocycles. The molecule has 5 nitrogen and oxygen atoms in total. The molecule has 114 valence electrons. The number of methoxy groups -OCH3 is 1. The molecule has 0 bridgehead atoms. The molecule has 1 fully saturated rings. The summed E-state index contributed by atoms with van der Waals surface area (Å²) in [5, 5.41) is 0. The predicted octanol–water partition coefficient (Wildman–Crippen LogP) is 1.05. The van der Waals surface area contributed by atoms with Crippen LogP contribution in [0.5, 0.6) is 11.5 Å². The maximum Gasteiger partial charge on any atom is 0.229 e. The monoisotopic (exact) mass is 290 g/mol. The van der Waals surface area contributed by atoms with Crippen molar-refractivity contribution < 1.29 is 14.3 Å². The number of nitrogens with two attached hydrogens (primary N) is 1. The van der Waals surface area contributed by atoms with Crippen LogP contribution in [0.15, 0.2) is 18.2 Å². The Kier molecular flexibility index (Phi) is 4.01. The number of benzene rings is 1. The van der Waals surface area contributed by atoms with Crippen molar-refractivity contribution in [1.29, 1.82) is 0 Å². The summed E-state index contributed by atoms with van der Waals surface area (Å²) in [5.41, 5.74) is 6.74.